The Labute approximate surface area is 138 Å². The van der Waals surface area contributed by atoms with Crippen LogP contribution in [0.15, 0.2) is 6.07 Å². The van der Waals surface area contributed by atoms with Crippen molar-refractivity contribution in [2.24, 2.45) is 5.92 Å². The van der Waals surface area contributed by atoms with Crippen molar-refractivity contribution < 1.29 is 14.7 Å². The molecule has 0 bridgehead atoms. The number of carboxylic acid groups (broad SMARTS) is 1. The summed E-state index contributed by atoms with van der Waals surface area (Å²) in [7, 11) is 0. The lowest BCUT2D eigenvalue weighted by Crippen LogP contribution is -2.46. The molecule has 0 spiro atoms. The molecule has 3 rings (SSSR count). The number of carboxylic acids is 1. The SMILES string of the molecule is O=C(O)C1CCN(C(=O)NC2CCCc3sc(Cl)cc32)CC1. The summed E-state index contributed by atoms with van der Waals surface area (Å²) in [5, 5.41) is 12.1. The van der Waals surface area contributed by atoms with Gasteiger partial charge in [-0.2, -0.15) is 0 Å². The standard InChI is InChI=1S/C15H19ClN2O3S/c16-13-8-10-11(2-1-3-12(10)22-13)17-15(21)18-6-4-9(5-7-18)14(19)20/h8-9,11H,1-7H2,(H,17,21)(H,19,20). The monoisotopic (exact) mass is 342 g/mol. The number of hydrogen-bond donors (Lipinski definition) is 2. The molecule has 1 fully saturated rings. The summed E-state index contributed by atoms with van der Waals surface area (Å²) in [5.74, 6) is -1.08. The molecule has 1 aliphatic heterocycles. The van der Waals surface area contributed by atoms with Crippen molar-refractivity contribution in [3.05, 3.63) is 20.8 Å². The van der Waals surface area contributed by atoms with Gasteiger partial charge < -0.3 is 15.3 Å². The van der Waals surface area contributed by atoms with E-state index in [0.717, 1.165) is 29.2 Å². The maximum absolute atomic E-state index is 12.4. The second kappa shape index (κ2) is 6.46. The van der Waals surface area contributed by atoms with Crippen LogP contribution in [0.3, 0.4) is 0 Å². The largest absolute Gasteiger partial charge is 0.481 e. The Morgan fingerprint density at radius 3 is 2.73 bits per heavy atom. The molecule has 0 aromatic carbocycles. The Kier molecular flexibility index (Phi) is 4.59. The minimum atomic E-state index is -0.759. The summed E-state index contributed by atoms with van der Waals surface area (Å²) >= 11 is 7.68. The van der Waals surface area contributed by atoms with Crippen LogP contribution in [0.4, 0.5) is 4.79 Å². The van der Waals surface area contributed by atoms with E-state index in [-0.39, 0.29) is 18.0 Å². The zero-order valence-electron chi connectivity index (χ0n) is 12.2. The van der Waals surface area contributed by atoms with E-state index < -0.39 is 5.97 Å². The van der Waals surface area contributed by atoms with Crippen molar-refractivity contribution in [3.63, 3.8) is 0 Å². The molecule has 2 heterocycles. The van der Waals surface area contributed by atoms with Crippen molar-refractivity contribution in [2.45, 2.75) is 38.1 Å². The number of hydrogen-bond acceptors (Lipinski definition) is 3. The number of halogens is 1. The molecule has 2 amide bonds. The van der Waals surface area contributed by atoms with E-state index in [1.807, 2.05) is 6.07 Å². The molecule has 7 heteroatoms. The van der Waals surface area contributed by atoms with E-state index in [0.29, 0.717) is 25.9 Å². The topological polar surface area (TPSA) is 69.6 Å². The number of carbonyl (C=O) groups excluding carboxylic acids is 1. The van der Waals surface area contributed by atoms with Gasteiger partial charge in [0, 0.05) is 18.0 Å². The molecule has 1 saturated heterocycles. The first-order chi connectivity index (χ1) is 10.5. The highest BCUT2D eigenvalue weighted by Gasteiger charge is 2.29. The second-order valence-electron chi connectivity index (χ2n) is 5.92. The molecule has 2 N–H and O–H groups in total. The lowest BCUT2D eigenvalue weighted by atomic mass is 9.94. The summed E-state index contributed by atoms with van der Waals surface area (Å²) < 4.78 is 0.772. The van der Waals surface area contributed by atoms with Crippen molar-refractivity contribution in [2.75, 3.05) is 13.1 Å². The molecular weight excluding hydrogens is 324 g/mol. The molecule has 120 valence electrons. The van der Waals surface area contributed by atoms with Gasteiger partial charge in [-0.3, -0.25) is 4.79 Å². The van der Waals surface area contributed by atoms with Crippen LogP contribution in [0.5, 0.6) is 0 Å². The van der Waals surface area contributed by atoms with Crippen molar-refractivity contribution in [3.8, 4) is 0 Å². The second-order valence-corrected chi connectivity index (χ2v) is 7.69. The normalized spacial score (nSPS) is 22.2. The Balaban J connectivity index is 1.60. The minimum absolute atomic E-state index is 0.0252. The predicted molar refractivity (Wildman–Crippen MR) is 85.5 cm³/mol. The number of aryl methyl sites for hydroxylation is 1. The number of likely N-dealkylation sites (tertiary alicyclic amines) is 1. The Morgan fingerprint density at radius 1 is 1.32 bits per heavy atom. The van der Waals surface area contributed by atoms with Crippen LogP contribution in [0.25, 0.3) is 0 Å². The van der Waals surface area contributed by atoms with Gasteiger partial charge in [0.25, 0.3) is 0 Å². The number of fused-ring (bicyclic) bond motifs is 1. The first kappa shape index (κ1) is 15.6. The fraction of sp³-hybridized carbons (Fsp3) is 0.600. The van der Waals surface area contributed by atoms with E-state index in [9.17, 15) is 9.59 Å². The molecule has 1 aromatic rings. The van der Waals surface area contributed by atoms with Gasteiger partial charge in [0.15, 0.2) is 0 Å². The maximum atomic E-state index is 12.4. The third-order valence-electron chi connectivity index (χ3n) is 4.51. The van der Waals surface area contributed by atoms with Crippen LogP contribution >= 0.6 is 22.9 Å². The molecule has 0 radical (unpaired) electrons. The molecule has 5 nitrogen and oxygen atoms in total. The minimum Gasteiger partial charge on any atom is -0.481 e. The zero-order valence-corrected chi connectivity index (χ0v) is 13.8. The highest BCUT2D eigenvalue weighted by Crippen LogP contribution is 2.37. The van der Waals surface area contributed by atoms with Crippen molar-refractivity contribution >= 4 is 34.9 Å². The third-order valence-corrected chi connectivity index (χ3v) is 5.85. The van der Waals surface area contributed by atoms with E-state index >= 15 is 0 Å². The molecule has 1 atom stereocenters. The van der Waals surface area contributed by atoms with Crippen molar-refractivity contribution in [1.29, 1.82) is 0 Å². The van der Waals surface area contributed by atoms with E-state index in [1.54, 1.807) is 16.2 Å². The summed E-state index contributed by atoms with van der Waals surface area (Å²) in [6.07, 6.45) is 4.07. The summed E-state index contributed by atoms with van der Waals surface area (Å²) in [6, 6.07) is 1.89. The molecule has 1 unspecified atom stereocenters. The fourth-order valence-corrected chi connectivity index (χ4v) is 4.62. The molecule has 22 heavy (non-hydrogen) atoms. The van der Waals surface area contributed by atoms with Crippen LogP contribution in [0.2, 0.25) is 4.34 Å². The van der Waals surface area contributed by atoms with Gasteiger partial charge in [-0.15, -0.1) is 11.3 Å². The first-order valence-electron chi connectivity index (χ1n) is 7.61. The quantitative estimate of drug-likeness (QED) is 0.866. The van der Waals surface area contributed by atoms with Crippen LogP contribution < -0.4 is 5.32 Å². The number of amides is 2. The number of urea groups is 1. The van der Waals surface area contributed by atoms with Crippen LogP contribution in [0.1, 0.15) is 42.2 Å². The molecular formula is C15H19ClN2O3S. The van der Waals surface area contributed by atoms with Gasteiger partial charge in [0.2, 0.25) is 0 Å². The first-order valence-corrected chi connectivity index (χ1v) is 8.80. The van der Waals surface area contributed by atoms with Crippen LogP contribution in [-0.2, 0) is 11.2 Å². The number of rotatable bonds is 2. The predicted octanol–water partition coefficient (Wildman–Crippen LogP) is 3.29. The Hall–Kier alpha value is -1.27. The van der Waals surface area contributed by atoms with E-state index in [2.05, 4.69) is 5.32 Å². The molecule has 0 saturated carbocycles. The Bertz CT molecular complexity index is 581. The number of piperidine rings is 1. The number of aliphatic carboxylic acids is 1. The fourth-order valence-electron chi connectivity index (χ4n) is 3.24. The lowest BCUT2D eigenvalue weighted by Gasteiger charge is -2.32. The van der Waals surface area contributed by atoms with Crippen LogP contribution in [-0.4, -0.2) is 35.1 Å². The smallest absolute Gasteiger partial charge is 0.317 e. The van der Waals surface area contributed by atoms with Crippen LogP contribution in [0, 0.1) is 5.92 Å². The van der Waals surface area contributed by atoms with E-state index in [4.69, 9.17) is 16.7 Å². The van der Waals surface area contributed by atoms with Crippen molar-refractivity contribution in [1.82, 2.24) is 10.2 Å². The average molecular weight is 343 g/mol. The average Bonchev–Trinajstić information content (AvgIpc) is 2.88. The van der Waals surface area contributed by atoms with Gasteiger partial charge >= 0.3 is 12.0 Å². The van der Waals surface area contributed by atoms with Gasteiger partial charge in [-0.1, -0.05) is 11.6 Å². The lowest BCUT2D eigenvalue weighted by molar-refractivity contribution is -0.143. The summed E-state index contributed by atoms with van der Waals surface area (Å²) in [6.45, 7) is 1.01. The Morgan fingerprint density at radius 2 is 2.05 bits per heavy atom. The van der Waals surface area contributed by atoms with Gasteiger partial charge in [0.05, 0.1) is 16.3 Å². The molecule has 2 aliphatic rings. The van der Waals surface area contributed by atoms with Gasteiger partial charge in [-0.05, 0) is 43.7 Å². The highest BCUT2D eigenvalue weighted by molar-refractivity contribution is 7.16. The van der Waals surface area contributed by atoms with Gasteiger partial charge in [0.1, 0.15) is 0 Å². The molecule has 1 aliphatic carbocycles. The number of thiophene rings is 1. The summed E-state index contributed by atoms with van der Waals surface area (Å²) in [4.78, 5) is 26.3. The summed E-state index contributed by atoms with van der Waals surface area (Å²) in [5.41, 5.74) is 1.15. The molecule has 1 aromatic heterocycles. The third kappa shape index (κ3) is 3.22. The zero-order chi connectivity index (χ0) is 15.7. The van der Waals surface area contributed by atoms with E-state index in [1.165, 1.54) is 4.88 Å². The number of carbonyl (C=O) groups is 2. The van der Waals surface area contributed by atoms with Gasteiger partial charge in [-0.25, -0.2) is 4.79 Å². The highest BCUT2D eigenvalue weighted by atomic mass is 35.5. The maximum Gasteiger partial charge on any atom is 0.317 e. The number of nitrogens with zero attached hydrogens (tertiary/aromatic N) is 1. The number of nitrogens with one attached hydrogen (secondary N) is 1.